The molecule has 0 unspecified atom stereocenters. The third-order valence-corrected chi connectivity index (χ3v) is 4.53. The second kappa shape index (κ2) is 7.22. The fourth-order valence-corrected chi connectivity index (χ4v) is 2.83. The molecule has 0 fully saturated rings. The Bertz CT molecular complexity index is 1010. The number of amides is 1. The number of esters is 1. The number of furan rings is 1. The van der Waals surface area contributed by atoms with Gasteiger partial charge in [-0.15, -0.1) is 0 Å². The van der Waals surface area contributed by atoms with E-state index in [0.29, 0.717) is 21.9 Å². The number of fused-ring (bicyclic) bond motifs is 1. The quantitative estimate of drug-likeness (QED) is 0.668. The molecule has 0 atom stereocenters. The summed E-state index contributed by atoms with van der Waals surface area (Å²) < 4.78 is 10.6. The maximum absolute atomic E-state index is 12.3. The Morgan fingerprint density at radius 2 is 1.88 bits per heavy atom. The normalized spacial score (nSPS) is 10.8. The largest absolute Gasteiger partial charge is 0.450 e. The van der Waals surface area contributed by atoms with Gasteiger partial charge < -0.3 is 14.5 Å². The number of nitrogens with one attached hydrogen (secondary N) is 1. The van der Waals surface area contributed by atoms with Gasteiger partial charge in [0.1, 0.15) is 5.58 Å². The van der Waals surface area contributed by atoms with Crippen molar-refractivity contribution in [3.63, 3.8) is 0 Å². The minimum absolute atomic E-state index is 0.0711. The van der Waals surface area contributed by atoms with Gasteiger partial charge in [-0.05, 0) is 56.2 Å². The van der Waals surface area contributed by atoms with E-state index in [1.807, 2.05) is 26.0 Å². The summed E-state index contributed by atoms with van der Waals surface area (Å²) in [4.78, 5) is 24.3. The number of benzene rings is 2. The van der Waals surface area contributed by atoms with Crippen LogP contribution in [0.5, 0.6) is 0 Å². The number of anilines is 1. The van der Waals surface area contributed by atoms with Gasteiger partial charge in [-0.25, -0.2) is 4.79 Å². The van der Waals surface area contributed by atoms with Crippen LogP contribution in [0, 0.1) is 20.8 Å². The highest BCUT2D eigenvalue weighted by Crippen LogP contribution is 2.28. The van der Waals surface area contributed by atoms with Crippen LogP contribution in [0.25, 0.3) is 11.0 Å². The zero-order valence-electron chi connectivity index (χ0n) is 14.7. The van der Waals surface area contributed by atoms with Crippen molar-refractivity contribution < 1.29 is 18.7 Å². The molecule has 6 heteroatoms. The smallest absolute Gasteiger partial charge is 0.375 e. The third-order valence-electron chi connectivity index (χ3n) is 4.30. The summed E-state index contributed by atoms with van der Waals surface area (Å²) in [5.74, 6) is -1.03. The topological polar surface area (TPSA) is 68.5 Å². The molecule has 1 N–H and O–H groups in total. The van der Waals surface area contributed by atoms with Gasteiger partial charge in [-0.1, -0.05) is 23.7 Å². The molecule has 0 aliphatic heterocycles. The molecule has 0 radical (unpaired) electrons. The average Bonchev–Trinajstić information content (AvgIpc) is 2.93. The number of carbonyl (C=O) groups is 2. The minimum atomic E-state index is -0.689. The molecule has 1 aromatic heterocycles. The lowest BCUT2D eigenvalue weighted by Gasteiger charge is -2.10. The number of rotatable bonds is 4. The molecule has 0 spiro atoms. The maximum atomic E-state index is 12.3. The molecule has 26 heavy (non-hydrogen) atoms. The lowest BCUT2D eigenvalue weighted by atomic mass is 10.1. The van der Waals surface area contributed by atoms with Crippen molar-refractivity contribution in [1.29, 1.82) is 0 Å². The van der Waals surface area contributed by atoms with Gasteiger partial charge in [0, 0.05) is 21.7 Å². The van der Waals surface area contributed by atoms with Crippen molar-refractivity contribution in [2.45, 2.75) is 20.8 Å². The standard InChI is InChI=1S/C20H18ClNO4/c1-11-5-4-6-16(12(11)2)22-18(23)10-25-20(24)19-13(3)15-9-14(21)7-8-17(15)26-19/h4-9H,10H2,1-3H3,(H,22,23). The Balaban J connectivity index is 1.68. The SMILES string of the molecule is Cc1cccc(NC(=O)COC(=O)c2oc3ccc(Cl)cc3c2C)c1C. The predicted octanol–water partition coefficient (Wildman–Crippen LogP) is 4.81. The van der Waals surface area contributed by atoms with Crippen molar-refractivity contribution >= 4 is 40.1 Å². The van der Waals surface area contributed by atoms with Crippen molar-refractivity contribution in [3.8, 4) is 0 Å². The summed E-state index contributed by atoms with van der Waals surface area (Å²) in [6.07, 6.45) is 0. The first-order chi connectivity index (χ1) is 12.4. The number of hydrogen-bond acceptors (Lipinski definition) is 4. The lowest BCUT2D eigenvalue weighted by molar-refractivity contribution is -0.119. The van der Waals surface area contributed by atoms with Crippen LogP contribution in [0.4, 0.5) is 5.69 Å². The molecule has 3 rings (SSSR count). The molecule has 0 saturated carbocycles. The van der Waals surface area contributed by atoms with Gasteiger partial charge in [-0.2, -0.15) is 0 Å². The Hall–Kier alpha value is -2.79. The summed E-state index contributed by atoms with van der Waals surface area (Å²) in [7, 11) is 0. The van der Waals surface area contributed by atoms with Crippen LogP contribution in [-0.4, -0.2) is 18.5 Å². The Kier molecular flexibility index (Phi) is 5.00. The summed E-state index contributed by atoms with van der Waals surface area (Å²) in [6, 6.07) is 10.7. The number of aryl methyl sites for hydroxylation is 2. The fourth-order valence-electron chi connectivity index (χ4n) is 2.66. The van der Waals surface area contributed by atoms with E-state index in [2.05, 4.69) is 5.32 Å². The van der Waals surface area contributed by atoms with E-state index in [-0.39, 0.29) is 5.76 Å². The van der Waals surface area contributed by atoms with E-state index >= 15 is 0 Å². The zero-order valence-corrected chi connectivity index (χ0v) is 15.4. The number of hydrogen-bond donors (Lipinski definition) is 1. The van der Waals surface area contributed by atoms with Crippen LogP contribution in [0.15, 0.2) is 40.8 Å². The van der Waals surface area contributed by atoms with Gasteiger partial charge >= 0.3 is 5.97 Å². The zero-order chi connectivity index (χ0) is 18.8. The molecule has 0 aliphatic carbocycles. The highest BCUT2D eigenvalue weighted by molar-refractivity contribution is 6.31. The number of halogens is 1. The fraction of sp³-hybridized carbons (Fsp3) is 0.200. The third kappa shape index (κ3) is 3.58. The molecule has 0 aliphatic rings. The van der Waals surface area contributed by atoms with Crippen LogP contribution < -0.4 is 5.32 Å². The molecule has 134 valence electrons. The van der Waals surface area contributed by atoms with Crippen LogP contribution in [0.1, 0.15) is 27.2 Å². The molecule has 0 bridgehead atoms. The Labute approximate surface area is 155 Å². The summed E-state index contributed by atoms with van der Waals surface area (Å²) >= 11 is 5.97. The average molecular weight is 372 g/mol. The summed E-state index contributed by atoms with van der Waals surface area (Å²) in [6.45, 7) is 5.22. The van der Waals surface area contributed by atoms with Crippen LogP contribution >= 0.6 is 11.6 Å². The van der Waals surface area contributed by atoms with Crippen molar-refractivity contribution in [3.05, 3.63) is 63.9 Å². The van der Waals surface area contributed by atoms with Gasteiger partial charge in [0.2, 0.25) is 5.76 Å². The van der Waals surface area contributed by atoms with Gasteiger partial charge in [-0.3, -0.25) is 4.79 Å². The van der Waals surface area contributed by atoms with Gasteiger partial charge in [0.15, 0.2) is 6.61 Å². The molecule has 3 aromatic rings. The molecule has 1 amide bonds. The molecular formula is C20H18ClNO4. The van der Waals surface area contributed by atoms with E-state index in [9.17, 15) is 9.59 Å². The van der Waals surface area contributed by atoms with Crippen molar-refractivity contribution in [2.24, 2.45) is 0 Å². The first kappa shape index (κ1) is 18.0. The van der Waals surface area contributed by atoms with Crippen LogP contribution in [0.3, 0.4) is 0 Å². The molecule has 1 heterocycles. The number of ether oxygens (including phenoxy) is 1. The second-order valence-electron chi connectivity index (χ2n) is 6.07. The molecule has 2 aromatic carbocycles. The van der Waals surface area contributed by atoms with Crippen LogP contribution in [0.2, 0.25) is 5.02 Å². The van der Waals surface area contributed by atoms with E-state index < -0.39 is 18.5 Å². The highest BCUT2D eigenvalue weighted by atomic mass is 35.5. The molecular weight excluding hydrogens is 354 g/mol. The highest BCUT2D eigenvalue weighted by Gasteiger charge is 2.20. The van der Waals surface area contributed by atoms with Crippen molar-refractivity contribution in [2.75, 3.05) is 11.9 Å². The Morgan fingerprint density at radius 3 is 2.65 bits per heavy atom. The van der Waals surface area contributed by atoms with Gasteiger partial charge in [0.05, 0.1) is 0 Å². The first-order valence-corrected chi connectivity index (χ1v) is 8.46. The summed E-state index contributed by atoms with van der Waals surface area (Å²) in [5.41, 5.74) is 3.90. The van der Waals surface area contributed by atoms with E-state index in [1.54, 1.807) is 31.2 Å². The van der Waals surface area contributed by atoms with E-state index in [1.165, 1.54) is 0 Å². The van der Waals surface area contributed by atoms with E-state index in [4.69, 9.17) is 20.8 Å². The number of carbonyl (C=O) groups excluding carboxylic acids is 2. The van der Waals surface area contributed by atoms with Crippen molar-refractivity contribution in [1.82, 2.24) is 0 Å². The maximum Gasteiger partial charge on any atom is 0.375 e. The first-order valence-electron chi connectivity index (χ1n) is 8.08. The van der Waals surface area contributed by atoms with Crippen LogP contribution in [-0.2, 0) is 9.53 Å². The molecule has 0 saturated heterocycles. The Morgan fingerprint density at radius 1 is 1.12 bits per heavy atom. The molecule has 5 nitrogen and oxygen atoms in total. The van der Waals surface area contributed by atoms with E-state index in [0.717, 1.165) is 16.5 Å². The predicted molar refractivity (Wildman–Crippen MR) is 101 cm³/mol. The minimum Gasteiger partial charge on any atom is -0.450 e. The summed E-state index contributed by atoms with van der Waals surface area (Å²) in [5, 5.41) is 4.03. The second-order valence-corrected chi connectivity index (χ2v) is 6.50. The monoisotopic (exact) mass is 371 g/mol. The lowest BCUT2D eigenvalue weighted by Crippen LogP contribution is -2.21. The van der Waals surface area contributed by atoms with Gasteiger partial charge in [0.25, 0.3) is 5.91 Å².